The molecule has 0 radical (unpaired) electrons. The van der Waals surface area contributed by atoms with Crippen molar-refractivity contribution in [2.75, 3.05) is 14.2 Å². The number of allylic oxidation sites excluding steroid dienone is 1. The molecule has 5 nitrogen and oxygen atoms in total. The van der Waals surface area contributed by atoms with Crippen molar-refractivity contribution < 1.29 is 24.8 Å². The number of aliphatic hydroxyl groups excluding tert-OH is 2. The van der Waals surface area contributed by atoms with E-state index in [1.165, 1.54) is 12.8 Å². The van der Waals surface area contributed by atoms with Crippen LogP contribution in [0.3, 0.4) is 0 Å². The second-order valence-corrected chi connectivity index (χ2v) is 10.9. The molecule has 4 unspecified atom stereocenters. The largest absolute Gasteiger partial charge is 0.393 e. The van der Waals surface area contributed by atoms with E-state index >= 15 is 0 Å². The van der Waals surface area contributed by atoms with Gasteiger partial charge in [-0.1, -0.05) is 32.9 Å². The molecule has 4 rings (SSSR count). The molecule has 29 heavy (non-hydrogen) atoms. The van der Waals surface area contributed by atoms with E-state index in [0.717, 1.165) is 12.8 Å². The van der Waals surface area contributed by atoms with Crippen LogP contribution >= 0.6 is 0 Å². The van der Waals surface area contributed by atoms with Gasteiger partial charge < -0.3 is 24.8 Å². The predicted octanol–water partition coefficient (Wildman–Crippen LogP) is 3.12. The number of fused-ring (bicyclic) bond motifs is 5. The van der Waals surface area contributed by atoms with Crippen LogP contribution in [0.15, 0.2) is 12.2 Å². The molecule has 0 aromatic rings. The first-order valence-corrected chi connectivity index (χ1v) is 11.5. The average molecular weight is 409 g/mol. The summed E-state index contributed by atoms with van der Waals surface area (Å²) in [5, 5.41) is 32.7. The van der Waals surface area contributed by atoms with Crippen LogP contribution in [0.25, 0.3) is 0 Å². The van der Waals surface area contributed by atoms with Gasteiger partial charge in [0.2, 0.25) is 0 Å². The van der Waals surface area contributed by atoms with E-state index in [0.29, 0.717) is 36.5 Å². The van der Waals surface area contributed by atoms with Gasteiger partial charge in [0.1, 0.15) is 0 Å². The summed E-state index contributed by atoms with van der Waals surface area (Å²) in [6.07, 6.45) is 7.78. The highest BCUT2D eigenvalue weighted by Gasteiger charge is 2.66. The van der Waals surface area contributed by atoms with Gasteiger partial charge in [-0.2, -0.15) is 0 Å². The highest BCUT2D eigenvalue weighted by molar-refractivity contribution is 5.26. The Morgan fingerprint density at radius 3 is 2.38 bits per heavy atom. The van der Waals surface area contributed by atoms with Crippen LogP contribution in [0.2, 0.25) is 0 Å². The van der Waals surface area contributed by atoms with Gasteiger partial charge in [-0.3, -0.25) is 0 Å². The first-order chi connectivity index (χ1) is 13.6. The van der Waals surface area contributed by atoms with Gasteiger partial charge in [0.15, 0.2) is 6.29 Å². The molecular formula is C24H40O5. The molecule has 0 bridgehead atoms. The zero-order valence-electron chi connectivity index (χ0n) is 18.7. The summed E-state index contributed by atoms with van der Waals surface area (Å²) in [6.45, 7) is 6.77. The first kappa shape index (κ1) is 21.8. The summed E-state index contributed by atoms with van der Waals surface area (Å²) in [7, 11) is 3.45. The highest BCUT2D eigenvalue weighted by atomic mass is 16.7. The first-order valence-electron chi connectivity index (χ1n) is 11.5. The quantitative estimate of drug-likeness (QED) is 0.492. The number of aliphatic hydroxyl groups is 3. The molecule has 4 aliphatic carbocycles. The molecule has 3 N–H and O–H groups in total. The second-order valence-electron chi connectivity index (χ2n) is 10.9. The summed E-state index contributed by atoms with van der Waals surface area (Å²) in [5.41, 5.74) is -1.51. The van der Waals surface area contributed by atoms with E-state index in [1.807, 2.05) is 6.08 Å². The third-order valence-corrected chi connectivity index (χ3v) is 9.97. The van der Waals surface area contributed by atoms with Gasteiger partial charge >= 0.3 is 0 Å². The van der Waals surface area contributed by atoms with E-state index in [9.17, 15) is 15.3 Å². The standard InChI is InChI=1S/C24H40O5/c1-14(21(28-4)29-5)17-6-7-18-16-8-11-24(27)13-15(25)12-20(26)23(24,3)19(16)9-10-22(17,18)2/h8,11,14-21,25-27H,6-7,9-10,12-13H2,1-5H3/t14?,15?,16-,17+,18-,19-,20?,22+,23-,24?/m0/s1. The van der Waals surface area contributed by atoms with Crippen molar-refractivity contribution in [1.29, 1.82) is 0 Å². The molecule has 4 aliphatic rings. The number of rotatable bonds is 4. The fourth-order valence-electron chi connectivity index (χ4n) is 8.32. The Morgan fingerprint density at radius 2 is 1.72 bits per heavy atom. The van der Waals surface area contributed by atoms with E-state index < -0.39 is 23.2 Å². The molecular weight excluding hydrogens is 368 g/mol. The summed E-state index contributed by atoms with van der Waals surface area (Å²) in [4.78, 5) is 0. The van der Waals surface area contributed by atoms with Crippen molar-refractivity contribution in [2.24, 2.45) is 40.4 Å². The van der Waals surface area contributed by atoms with E-state index in [-0.39, 0.29) is 17.6 Å². The zero-order chi connectivity index (χ0) is 21.2. The molecule has 0 saturated heterocycles. The second kappa shape index (κ2) is 7.30. The summed E-state index contributed by atoms with van der Waals surface area (Å²) in [5.74, 6) is 2.02. The maximum Gasteiger partial charge on any atom is 0.159 e. The summed E-state index contributed by atoms with van der Waals surface area (Å²) >= 11 is 0. The third kappa shape index (κ3) is 2.91. The third-order valence-electron chi connectivity index (χ3n) is 9.97. The van der Waals surface area contributed by atoms with Crippen LogP contribution in [0.5, 0.6) is 0 Å². The van der Waals surface area contributed by atoms with Crippen LogP contribution in [-0.4, -0.2) is 53.6 Å². The van der Waals surface area contributed by atoms with Crippen LogP contribution in [0, 0.1) is 40.4 Å². The smallest absolute Gasteiger partial charge is 0.159 e. The van der Waals surface area contributed by atoms with E-state index in [2.05, 4.69) is 26.8 Å². The van der Waals surface area contributed by atoms with Gasteiger partial charge in [-0.05, 0) is 54.8 Å². The number of methoxy groups -OCH3 is 2. The van der Waals surface area contributed by atoms with Gasteiger partial charge in [0, 0.05) is 38.4 Å². The number of ether oxygens (including phenoxy) is 2. The zero-order valence-corrected chi connectivity index (χ0v) is 18.7. The lowest BCUT2D eigenvalue weighted by molar-refractivity contribution is -0.219. The Labute approximate surface area is 175 Å². The maximum absolute atomic E-state index is 11.5. The van der Waals surface area contributed by atoms with Crippen molar-refractivity contribution in [3.63, 3.8) is 0 Å². The normalized spacial score (nSPS) is 52.7. The minimum Gasteiger partial charge on any atom is -0.393 e. The van der Waals surface area contributed by atoms with Crippen molar-refractivity contribution in [2.45, 2.75) is 83.4 Å². The van der Waals surface area contributed by atoms with Gasteiger partial charge in [0.05, 0.1) is 17.8 Å². The molecule has 10 atom stereocenters. The fraction of sp³-hybridized carbons (Fsp3) is 0.917. The van der Waals surface area contributed by atoms with Crippen molar-refractivity contribution >= 4 is 0 Å². The Hall–Kier alpha value is -0.460. The molecule has 0 aliphatic heterocycles. The Kier molecular flexibility index (Phi) is 5.48. The molecule has 3 saturated carbocycles. The maximum atomic E-state index is 11.5. The van der Waals surface area contributed by atoms with Gasteiger partial charge in [-0.25, -0.2) is 0 Å². The number of hydrogen-bond donors (Lipinski definition) is 3. The van der Waals surface area contributed by atoms with Crippen molar-refractivity contribution in [3.8, 4) is 0 Å². The minimum atomic E-state index is -1.12. The Morgan fingerprint density at radius 1 is 1.03 bits per heavy atom. The topological polar surface area (TPSA) is 79.2 Å². The van der Waals surface area contributed by atoms with E-state index in [4.69, 9.17) is 9.47 Å². The predicted molar refractivity (Wildman–Crippen MR) is 111 cm³/mol. The molecule has 3 fully saturated rings. The molecule has 0 heterocycles. The molecule has 0 aromatic carbocycles. The number of hydrogen-bond acceptors (Lipinski definition) is 5. The van der Waals surface area contributed by atoms with Crippen molar-refractivity contribution in [3.05, 3.63) is 12.2 Å². The van der Waals surface area contributed by atoms with Crippen LogP contribution in [0.4, 0.5) is 0 Å². The van der Waals surface area contributed by atoms with Crippen LogP contribution < -0.4 is 0 Å². The summed E-state index contributed by atoms with van der Waals surface area (Å²) < 4.78 is 11.2. The average Bonchev–Trinajstić information content (AvgIpc) is 3.01. The highest BCUT2D eigenvalue weighted by Crippen LogP contribution is 2.67. The lowest BCUT2D eigenvalue weighted by atomic mass is 9.44. The molecule has 0 spiro atoms. The van der Waals surface area contributed by atoms with Crippen LogP contribution in [-0.2, 0) is 9.47 Å². The lowest BCUT2D eigenvalue weighted by Gasteiger charge is -2.63. The van der Waals surface area contributed by atoms with E-state index in [1.54, 1.807) is 14.2 Å². The molecule has 0 amide bonds. The van der Waals surface area contributed by atoms with Gasteiger partial charge in [0.25, 0.3) is 0 Å². The fourth-order valence-corrected chi connectivity index (χ4v) is 8.32. The molecule has 166 valence electrons. The monoisotopic (exact) mass is 408 g/mol. The lowest BCUT2D eigenvalue weighted by Crippen LogP contribution is -2.66. The Bertz CT molecular complexity index is 647. The summed E-state index contributed by atoms with van der Waals surface area (Å²) in [6, 6.07) is 0. The minimum absolute atomic E-state index is 0.181. The SMILES string of the molecule is COC(OC)C(C)[C@H]1CC[C@H]2[C@@H]3C=CC4(O)CC(O)CC(O)[C@]4(C)[C@H]3CC[C@]12C. The molecule has 0 aromatic heterocycles. The van der Waals surface area contributed by atoms with Crippen molar-refractivity contribution in [1.82, 2.24) is 0 Å². The Balaban J connectivity index is 1.66. The molecule has 5 heteroatoms. The van der Waals surface area contributed by atoms with Crippen LogP contribution in [0.1, 0.15) is 59.3 Å². The van der Waals surface area contributed by atoms with Gasteiger partial charge in [-0.15, -0.1) is 0 Å².